The molecule has 1 fully saturated rings. The first-order valence-corrected chi connectivity index (χ1v) is 25.0. The lowest BCUT2D eigenvalue weighted by atomic mass is 9.73. The van der Waals surface area contributed by atoms with Crippen molar-refractivity contribution in [1.82, 2.24) is 0 Å². The standard InChI is InChI=1S/C64H69BO2/c1-59(2,3)39-28-37(29-40(32-39)60(4,5)6)54-50-34-48-43-22-17-20-36-21-18-23-44(53(36)43)49(48)35-51(50)55(38-30-41(61(7,8)9)33-42(31-38)62(10,11)12)58-47-26-27-52(65-66-63(13,14)64(15,16)67-65)45-24-19-25-46(56(45)47)57(54)58/h17-18,20-23,25-35H,19,24H2,1-16H3. The fraction of sp³-hybridized carbons (Fsp3) is 0.375. The molecule has 0 amide bonds. The van der Waals surface area contributed by atoms with Crippen LogP contribution < -0.4 is 10.7 Å². The Morgan fingerprint density at radius 3 is 1.33 bits per heavy atom. The molecular weight excluding hydrogens is 812 g/mol. The fourth-order valence-electron chi connectivity index (χ4n) is 11.5. The number of benzene rings is 7. The van der Waals surface area contributed by atoms with Crippen molar-refractivity contribution in [2.45, 2.75) is 156 Å². The van der Waals surface area contributed by atoms with Gasteiger partial charge in [0.05, 0.1) is 11.2 Å². The van der Waals surface area contributed by atoms with Crippen LogP contribution in [0, 0.1) is 0 Å². The molecule has 11 rings (SSSR count). The third-order valence-electron chi connectivity index (χ3n) is 16.2. The highest BCUT2D eigenvalue weighted by atomic mass is 16.7. The van der Waals surface area contributed by atoms with Gasteiger partial charge in [0.2, 0.25) is 0 Å². The number of hydrogen-bond acceptors (Lipinski definition) is 2. The molecule has 0 spiro atoms. The first-order valence-electron chi connectivity index (χ1n) is 25.0. The molecule has 1 saturated heterocycles. The second-order valence-corrected chi connectivity index (χ2v) is 25.6. The Kier molecular flexibility index (Phi) is 9.38. The van der Waals surface area contributed by atoms with Crippen LogP contribution in [0.2, 0.25) is 0 Å². The fourth-order valence-corrected chi connectivity index (χ4v) is 11.5. The topological polar surface area (TPSA) is 18.5 Å². The Bertz CT molecular complexity index is 3520. The van der Waals surface area contributed by atoms with Crippen LogP contribution in [-0.4, -0.2) is 18.3 Å². The van der Waals surface area contributed by atoms with E-state index in [4.69, 9.17) is 9.31 Å². The van der Waals surface area contributed by atoms with Gasteiger partial charge < -0.3 is 9.31 Å². The van der Waals surface area contributed by atoms with E-state index in [9.17, 15) is 0 Å². The van der Waals surface area contributed by atoms with Gasteiger partial charge in [-0.3, -0.25) is 0 Å². The molecule has 0 aromatic heterocycles. The molecule has 3 heteroatoms. The monoisotopic (exact) mass is 881 g/mol. The predicted molar refractivity (Wildman–Crippen MR) is 292 cm³/mol. The summed E-state index contributed by atoms with van der Waals surface area (Å²) >= 11 is 0. The van der Waals surface area contributed by atoms with Crippen LogP contribution in [0.25, 0.3) is 93.0 Å². The average Bonchev–Trinajstić information content (AvgIpc) is 3.82. The molecule has 340 valence electrons. The van der Waals surface area contributed by atoms with Crippen molar-refractivity contribution in [3.8, 4) is 22.3 Å². The minimum atomic E-state index is -0.438. The summed E-state index contributed by atoms with van der Waals surface area (Å²) in [5.41, 5.74) is 12.2. The molecule has 0 radical (unpaired) electrons. The second-order valence-electron chi connectivity index (χ2n) is 25.6. The average molecular weight is 881 g/mol. The lowest BCUT2D eigenvalue weighted by Gasteiger charge is -2.32. The van der Waals surface area contributed by atoms with Crippen molar-refractivity contribution >= 4 is 83.3 Å². The smallest absolute Gasteiger partial charge is 0.399 e. The number of fused-ring (bicyclic) bond motifs is 7. The maximum absolute atomic E-state index is 6.87. The third-order valence-corrected chi connectivity index (χ3v) is 16.2. The Labute approximate surface area is 399 Å². The van der Waals surface area contributed by atoms with Crippen LogP contribution in [0.15, 0.2) is 97.1 Å². The van der Waals surface area contributed by atoms with E-state index >= 15 is 0 Å². The summed E-state index contributed by atoms with van der Waals surface area (Å²) < 4.78 is 13.7. The van der Waals surface area contributed by atoms with Crippen LogP contribution in [0.1, 0.15) is 145 Å². The molecule has 1 aliphatic carbocycles. The summed E-state index contributed by atoms with van der Waals surface area (Å²) in [5, 5.41) is 17.3. The minimum Gasteiger partial charge on any atom is -0.399 e. The van der Waals surface area contributed by atoms with Gasteiger partial charge >= 0.3 is 7.12 Å². The van der Waals surface area contributed by atoms with Crippen LogP contribution in [0.5, 0.6) is 0 Å². The van der Waals surface area contributed by atoms with Gasteiger partial charge in [0.1, 0.15) is 0 Å². The molecule has 1 aliphatic heterocycles. The zero-order chi connectivity index (χ0) is 47.7. The molecule has 67 heavy (non-hydrogen) atoms. The van der Waals surface area contributed by atoms with Gasteiger partial charge in [-0.25, -0.2) is 0 Å². The largest absolute Gasteiger partial charge is 0.495 e. The Balaban J connectivity index is 1.41. The molecular formula is C64H69BO2. The van der Waals surface area contributed by atoms with E-state index in [1.807, 2.05) is 0 Å². The quantitative estimate of drug-likeness (QED) is 0.165. The normalized spacial score (nSPS) is 16.7. The van der Waals surface area contributed by atoms with Gasteiger partial charge in [-0.1, -0.05) is 174 Å². The van der Waals surface area contributed by atoms with Crippen molar-refractivity contribution in [3.05, 3.63) is 130 Å². The molecule has 2 nitrogen and oxygen atoms in total. The Morgan fingerprint density at radius 2 is 0.881 bits per heavy atom. The zero-order valence-electron chi connectivity index (χ0n) is 43.1. The number of rotatable bonds is 3. The van der Waals surface area contributed by atoms with E-state index in [2.05, 4.69) is 214 Å². The summed E-state index contributed by atoms with van der Waals surface area (Å²) in [6, 6.07) is 38.8. The molecule has 0 unspecified atom stereocenters. The highest BCUT2D eigenvalue weighted by Crippen LogP contribution is 2.52. The minimum absolute atomic E-state index is 0.0534. The molecule has 9 aromatic carbocycles. The van der Waals surface area contributed by atoms with Gasteiger partial charge in [0.25, 0.3) is 0 Å². The molecule has 0 bridgehead atoms. The predicted octanol–water partition coefficient (Wildman–Crippen LogP) is 16.3. The molecule has 0 N–H and O–H groups in total. The van der Waals surface area contributed by atoms with E-state index in [0.29, 0.717) is 0 Å². The highest BCUT2D eigenvalue weighted by molar-refractivity contribution is 6.63. The molecule has 0 atom stereocenters. The van der Waals surface area contributed by atoms with Crippen molar-refractivity contribution in [2.75, 3.05) is 0 Å². The Hall–Kier alpha value is -5.22. The van der Waals surface area contributed by atoms with Crippen molar-refractivity contribution in [1.29, 1.82) is 0 Å². The van der Waals surface area contributed by atoms with Gasteiger partial charge in [-0.05, 0) is 200 Å². The van der Waals surface area contributed by atoms with Gasteiger partial charge in [0.15, 0.2) is 0 Å². The van der Waals surface area contributed by atoms with E-state index in [1.54, 1.807) is 0 Å². The lowest BCUT2D eigenvalue weighted by Crippen LogP contribution is -2.41. The summed E-state index contributed by atoms with van der Waals surface area (Å²) in [7, 11) is -0.437. The maximum atomic E-state index is 6.87. The van der Waals surface area contributed by atoms with Crippen LogP contribution in [0.4, 0.5) is 0 Å². The van der Waals surface area contributed by atoms with E-state index < -0.39 is 18.3 Å². The van der Waals surface area contributed by atoms with Gasteiger partial charge in [0, 0.05) is 0 Å². The molecule has 9 aromatic rings. The summed E-state index contributed by atoms with van der Waals surface area (Å²) in [5.74, 6) is 0. The Morgan fingerprint density at radius 1 is 0.433 bits per heavy atom. The SMILES string of the molecule is CC(C)(C)c1cc(-c2c3cc4c(cc3c(-c3cc(C(C)(C)C)cc(C(C)(C)C)c3)c3c2c2c5c(c(B6OC(C)(C)C(C)(C)O6)ccc53)CCC=2)c2cccc3cccc4c32)cc(C(C)(C)C)c1. The molecule has 2 aliphatic rings. The molecule has 0 saturated carbocycles. The number of aryl methyl sites for hydroxylation is 1. The van der Waals surface area contributed by atoms with Crippen LogP contribution in [-0.2, 0) is 37.4 Å². The second kappa shape index (κ2) is 14.2. The van der Waals surface area contributed by atoms with Gasteiger partial charge in [-0.2, -0.15) is 0 Å². The zero-order valence-corrected chi connectivity index (χ0v) is 43.1. The van der Waals surface area contributed by atoms with E-state index in [0.717, 1.165) is 12.8 Å². The highest BCUT2D eigenvalue weighted by Gasteiger charge is 2.52. The summed E-state index contributed by atoms with van der Waals surface area (Å²) in [4.78, 5) is 0. The molecule has 1 heterocycles. The lowest BCUT2D eigenvalue weighted by molar-refractivity contribution is 0.00578. The summed E-state index contributed by atoms with van der Waals surface area (Å²) in [6.45, 7) is 37.1. The van der Waals surface area contributed by atoms with Crippen LogP contribution >= 0.6 is 0 Å². The third kappa shape index (κ3) is 6.72. The van der Waals surface area contributed by atoms with Crippen molar-refractivity contribution in [3.63, 3.8) is 0 Å². The first-order chi connectivity index (χ1) is 31.2. The summed E-state index contributed by atoms with van der Waals surface area (Å²) in [6.07, 6.45) is 4.47. The van der Waals surface area contributed by atoms with E-state index in [1.165, 1.54) is 125 Å². The number of hydrogen-bond donors (Lipinski definition) is 0. The van der Waals surface area contributed by atoms with E-state index in [-0.39, 0.29) is 21.7 Å². The van der Waals surface area contributed by atoms with Crippen LogP contribution in [0.3, 0.4) is 0 Å². The van der Waals surface area contributed by atoms with Gasteiger partial charge in [-0.15, -0.1) is 0 Å². The maximum Gasteiger partial charge on any atom is 0.495 e. The van der Waals surface area contributed by atoms with Crippen molar-refractivity contribution < 1.29 is 9.31 Å². The van der Waals surface area contributed by atoms with Crippen molar-refractivity contribution in [2.24, 2.45) is 0 Å². The first kappa shape index (κ1) is 44.3.